The van der Waals surface area contributed by atoms with Gasteiger partial charge in [0.1, 0.15) is 5.56 Å². The van der Waals surface area contributed by atoms with Gasteiger partial charge in [0.2, 0.25) is 5.88 Å². The Bertz CT molecular complexity index is 492. The number of nitrogens with zero attached hydrogens (tertiary/aromatic N) is 1. The molecule has 0 amide bonds. The van der Waals surface area contributed by atoms with Crippen LogP contribution >= 0.6 is 11.3 Å². The number of ether oxygens (including phenoxy) is 1. The lowest BCUT2D eigenvalue weighted by atomic mass is 10.2. The van der Waals surface area contributed by atoms with E-state index in [1.165, 1.54) is 18.4 Å². The van der Waals surface area contributed by atoms with E-state index in [1.807, 2.05) is 5.38 Å². The Morgan fingerprint density at radius 3 is 3.07 bits per heavy atom. The van der Waals surface area contributed by atoms with Gasteiger partial charge in [-0.25, -0.2) is 9.78 Å². The summed E-state index contributed by atoms with van der Waals surface area (Å²) in [4.78, 5) is 14.9. The summed E-state index contributed by atoms with van der Waals surface area (Å²) >= 11 is 1.46. The number of fused-ring (bicyclic) bond motifs is 1. The van der Waals surface area contributed by atoms with Crippen LogP contribution in [0.15, 0.2) is 17.6 Å². The fourth-order valence-corrected chi connectivity index (χ4v) is 2.05. The normalized spacial score (nSPS) is 10.4. The molecule has 0 bridgehead atoms. The first-order valence-electron chi connectivity index (χ1n) is 3.87. The molecule has 0 fully saturated rings. The van der Waals surface area contributed by atoms with E-state index in [9.17, 15) is 4.79 Å². The molecule has 1 N–H and O–H groups in total. The number of pyridine rings is 1. The van der Waals surface area contributed by atoms with Crippen LogP contribution in [-0.2, 0) is 0 Å². The van der Waals surface area contributed by atoms with Gasteiger partial charge >= 0.3 is 5.97 Å². The van der Waals surface area contributed by atoms with E-state index < -0.39 is 5.97 Å². The molecule has 0 atom stereocenters. The van der Waals surface area contributed by atoms with E-state index >= 15 is 0 Å². The zero-order chi connectivity index (χ0) is 10.1. The lowest BCUT2D eigenvalue weighted by Crippen LogP contribution is -2.02. The highest BCUT2D eigenvalue weighted by Crippen LogP contribution is 2.28. The molecule has 0 spiro atoms. The summed E-state index contributed by atoms with van der Waals surface area (Å²) < 4.78 is 5.75. The van der Waals surface area contributed by atoms with Gasteiger partial charge in [0, 0.05) is 11.6 Å². The van der Waals surface area contributed by atoms with Gasteiger partial charge in [0.25, 0.3) is 0 Å². The van der Waals surface area contributed by atoms with E-state index in [2.05, 4.69) is 4.98 Å². The zero-order valence-electron chi connectivity index (χ0n) is 7.35. The Morgan fingerprint density at radius 2 is 2.43 bits per heavy atom. The Kier molecular flexibility index (Phi) is 2.09. The topological polar surface area (TPSA) is 59.4 Å². The Labute approximate surface area is 83.8 Å². The number of hydrogen-bond acceptors (Lipinski definition) is 4. The van der Waals surface area contributed by atoms with Crippen molar-refractivity contribution in [2.24, 2.45) is 0 Å². The number of methoxy groups -OCH3 is 1. The van der Waals surface area contributed by atoms with Crippen LogP contribution in [0.2, 0.25) is 0 Å². The Hall–Kier alpha value is -1.62. The second-order valence-corrected chi connectivity index (χ2v) is 3.59. The van der Waals surface area contributed by atoms with Crippen LogP contribution < -0.4 is 4.74 Å². The number of thiophene rings is 1. The summed E-state index contributed by atoms with van der Waals surface area (Å²) in [6.07, 6.45) is 1.62. The highest BCUT2D eigenvalue weighted by Gasteiger charge is 2.16. The smallest absolute Gasteiger partial charge is 0.341 e. The molecule has 2 aromatic heterocycles. The van der Waals surface area contributed by atoms with Gasteiger partial charge in [-0.2, -0.15) is 0 Å². The lowest BCUT2D eigenvalue weighted by molar-refractivity contribution is 0.0695. The Morgan fingerprint density at radius 1 is 1.64 bits per heavy atom. The minimum Gasteiger partial charge on any atom is -0.480 e. The van der Waals surface area contributed by atoms with Gasteiger partial charge < -0.3 is 9.84 Å². The van der Waals surface area contributed by atoms with Gasteiger partial charge in [-0.3, -0.25) is 0 Å². The van der Waals surface area contributed by atoms with Crippen molar-refractivity contribution in [3.8, 4) is 5.88 Å². The zero-order valence-corrected chi connectivity index (χ0v) is 8.17. The summed E-state index contributed by atoms with van der Waals surface area (Å²) in [5.41, 5.74) is 0.131. The van der Waals surface area contributed by atoms with Crippen molar-refractivity contribution in [1.29, 1.82) is 0 Å². The van der Waals surface area contributed by atoms with Crippen molar-refractivity contribution >= 4 is 27.4 Å². The van der Waals surface area contributed by atoms with Gasteiger partial charge in [-0.1, -0.05) is 0 Å². The quantitative estimate of drug-likeness (QED) is 0.821. The maximum atomic E-state index is 11.0. The molecule has 0 radical (unpaired) electrons. The first kappa shape index (κ1) is 8.96. The van der Waals surface area contributed by atoms with Crippen LogP contribution in [0.25, 0.3) is 10.1 Å². The average Bonchev–Trinajstić information content (AvgIpc) is 2.62. The summed E-state index contributed by atoms with van der Waals surface area (Å²) in [6, 6.07) is 1.76. The fourth-order valence-electron chi connectivity index (χ4n) is 1.29. The molecule has 5 heteroatoms. The first-order chi connectivity index (χ1) is 6.74. The summed E-state index contributed by atoms with van der Waals surface area (Å²) in [5, 5.41) is 11.5. The predicted octanol–water partition coefficient (Wildman–Crippen LogP) is 2.00. The minimum atomic E-state index is -1.02. The highest BCUT2D eigenvalue weighted by atomic mass is 32.1. The number of carboxylic acids is 1. The second-order valence-electron chi connectivity index (χ2n) is 2.65. The monoisotopic (exact) mass is 209 g/mol. The molecule has 2 rings (SSSR count). The van der Waals surface area contributed by atoms with Gasteiger partial charge in [0.15, 0.2) is 0 Å². The van der Waals surface area contributed by atoms with E-state index in [4.69, 9.17) is 9.84 Å². The van der Waals surface area contributed by atoms with Crippen LogP contribution in [0.4, 0.5) is 0 Å². The molecular formula is C9H7NO3S. The lowest BCUT2D eigenvalue weighted by Gasteiger charge is -2.03. The number of hydrogen-bond donors (Lipinski definition) is 1. The van der Waals surface area contributed by atoms with Crippen LogP contribution in [-0.4, -0.2) is 23.2 Å². The molecule has 0 aliphatic rings. The van der Waals surface area contributed by atoms with Crippen LogP contribution in [0.1, 0.15) is 10.4 Å². The molecule has 0 aromatic carbocycles. The highest BCUT2D eigenvalue weighted by molar-refractivity contribution is 7.17. The minimum absolute atomic E-state index is 0.131. The third-order valence-corrected chi connectivity index (χ3v) is 2.74. The van der Waals surface area contributed by atoms with Gasteiger partial charge in [0.05, 0.1) is 11.8 Å². The molecule has 0 saturated carbocycles. The molecule has 2 heterocycles. The number of aromatic carboxylic acids is 1. The molecule has 14 heavy (non-hydrogen) atoms. The number of rotatable bonds is 2. The molecule has 0 aliphatic heterocycles. The summed E-state index contributed by atoms with van der Waals surface area (Å²) in [6.45, 7) is 0. The molecular weight excluding hydrogens is 202 g/mol. The summed E-state index contributed by atoms with van der Waals surface area (Å²) in [7, 11) is 1.41. The van der Waals surface area contributed by atoms with Crippen LogP contribution in [0.5, 0.6) is 5.88 Å². The summed E-state index contributed by atoms with van der Waals surface area (Å²) in [5.74, 6) is -0.859. The standard InChI is InChI=1S/C9H7NO3S/c1-13-8-7(9(11)12)5-2-3-14-6(5)4-10-8/h2-4H,1H3,(H,11,12). The number of aromatic nitrogens is 1. The average molecular weight is 209 g/mol. The van der Waals surface area contributed by atoms with E-state index in [1.54, 1.807) is 12.3 Å². The molecule has 0 aliphatic carbocycles. The predicted molar refractivity (Wildman–Crippen MR) is 53.1 cm³/mol. The van der Waals surface area contributed by atoms with Crippen molar-refractivity contribution in [3.05, 3.63) is 23.2 Å². The molecule has 0 saturated heterocycles. The van der Waals surface area contributed by atoms with Crippen LogP contribution in [0.3, 0.4) is 0 Å². The van der Waals surface area contributed by atoms with E-state index in [-0.39, 0.29) is 11.4 Å². The Balaban J connectivity index is 2.82. The molecule has 4 nitrogen and oxygen atoms in total. The second kappa shape index (κ2) is 3.26. The third kappa shape index (κ3) is 1.22. The van der Waals surface area contributed by atoms with Crippen molar-refractivity contribution in [2.45, 2.75) is 0 Å². The van der Waals surface area contributed by atoms with Gasteiger partial charge in [-0.05, 0) is 11.4 Å². The maximum absolute atomic E-state index is 11.0. The molecule has 2 aromatic rings. The number of carbonyl (C=O) groups is 1. The molecule has 0 unspecified atom stereocenters. The van der Waals surface area contributed by atoms with Crippen molar-refractivity contribution < 1.29 is 14.6 Å². The van der Waals surface area contributed by atoms with Crippen molar-refractivity contribution in [2.75, 3.05) is 7.11 Å². The van der Waals surface area contributed by atoms with Gasteiger partial charge in [-0.15, -0.1) is 11.3 Å². The van der Waals surface area contributed by atoms with E-state index in [0.29, 0.717) is 5.39 Å². The van der Waals surface area contributed by atoms with Crippen LogP contribution in [0, 0.1) is 0 Å². The first-order valence-corrected chi connectivity index (χ1v) is 4.75. The fraction of sp³-hybridized carbons (Fsp3) is 0.111. The third-order valence-electron chi connectivity index (χ3n) is 1.88. The number of carboxylic acid groups (broad SMARTS) is 1. The maximum Gasteiger partial charge on any atom is 0.341 e. The van der Waals surface area contributed by atoms with E-state index in [0.717, 1.165) is 4.70 Å². The molecule has 72 valence electrons. The largest absolute Gasteiger partial charge is 0.480 e. The SMILES string of the molecule is COc1ncc2sccc2c1C(=O)O. The van der Waals surface area contributed by atoms with Crippen molar-refractivity contribution in [1.82, 2.24) is 4.98 Å². The van der Waals surface area contributed by atoms with Crippen molar-refractivity contribution in [3.63, 3.8) is 0 Å².